The number of likely N-dealkylation sites (N-methyl/N-ethyl adjacent to an activating group) is 1. The number of hydrogen-bond acceptors (Lipinski definition) is 3. The molecule has 3 nitrogen and oxygen atoms in total. The molecule has 2 unspecified atom stereocenters. The van der Waals surface area contributed by atoms with E-state index in [1.54, 1.807) is 11.8 Å². The van der Waals surface area contributed by atoms with Gasteiger partial charge in [-0.3, -0.25) is 4.79 Å². The van der Waals surface area contributed by atoms with Crippen molar-refractivity contribution in [3.8, 4) is 0 Å². The van der Waals surface area contributed by atoms with Gasteiger partial charge in [-0.2, -0.15) is 0 Å². The highest BCUT2D eigenvalue weighted by atomic mass is 32.2. The normalized spacial score (nSPS) is 22.5. The summed E-state index contributed by atoms with van der Waals surface area (Å²) in [6.45, 7) is 6.06. The zero-order valence-corrected chi connectivity index (χ0v) is 12.2. The Balaban J connectivity index is 2.34. The first-order chi connectivity index (χ1) is 8.19. The molecule has 17 heavy (non-hydrogen) atoms. The quantitative estimate of drug-likeness (QED) is 0.741. The van der Waals surface area contributed by atoms with Gasteiger partial charge in [-0.25, -0.2) is 0 Å². The molecule has 0 aromatic rings. The molecule has 1 N–H and O–H groups in total. The van der Waals surface area contributed by atoms with E-state index >= 15 is 0 Å². The van der Waals surface area contributed by atoms with Crippen molar-refractivity contribution in [2.24, 2.45) is 0 Å². The van der Waals surface area contributed by atoms with Crippen molar-refractivity contribution in [3.05, 3.63) is 0 Å². The van der Waals surface area contributed by atoms with Gasteiger partial charge in [-0.1, -0.05) is 13.3 Å². The van der Waals surface area contributed by atoms with E-state index in [2.05, 4.69) is 12.2 Å². The number of likely N-dealkylation sites (tertiary alicyclic amines) is 1. The average molecular weight is 258 g/mol. The first-order valence-electron chi connectivity index (χ1n) is 6.76. The maximum Gasteiger partial charge on any atom is 0.235 e. The number of unbranched alkanes of at least 4 members (excludes halogenated alkanes) is 1. The number of carbonyl (C=O) groups excluding carboxylic acids is 1. The molecule has 1 fully saturated rings. The highest BCUT2D eigenvalue weighted by molar-refractivity contribution is 8.00. The van der Waals surface area contributed by atoms with Crippen molar-refractivity contribution in [1.82, 2.24) is 10.2 Å². The van der Waals surface area contributed by atoms with Gasteiger partial charge in [0.25, 0.3) is 0 Å². The van der Waals surface area contributed by atoms with Crippen LogP contribution in [0.4, 0.5) is 0 Å². The van der Waals surface area contributed by atoms with E-state index in [1.807, 2.05) is 18.9 Å². The minimum absolute atomic E-state index is 0.122. The third-order valence-electron chi connectivity index (χ3n) is 3.35. The van der Waals surface area contributed by atoms with Crippen LogP contribution in [0.1, 0.15) is 39.5 Å². The molecule has 1 heterocycles. The van der Waals surface area contributed by atoms with E-state index in [1.165, 1.54) is 19.3 Å². The van der Waals surface area contributed by atoms with Gasteiger partial charge in [0.1, 0.15) is 0 Å². The molecule has 0 aromatic carbocycles. The fourth-order valence-electron chi connectivity index (χ4n) is 2.15. The van der Waals surface area contributed by atoms with E-state index in [0.717, 1.165) is 25.3 Å². The van der Waals surface area contributed by atoms with Crippen LogP contribution < -0.4 is 5.32 Å². The number of hydrogen-bond donors (Lipinski definition) is 1. The summed E-state index contributed by atoms with van der Waals surface area (Å²) in [5, 5.41) is 3.40. The lowest BCUT2D eigenvalue weighted by atomic mass is 10.1. The number of thioether (sulfide) groups is 1. The molecule has 0 radical (unpaired) electrons. The maximum atomic E-state index is 12.2. The monoisotopic (exact) mass is 258 g/mol. The Labute approximate surface area is 110 Å². The van der Waals surface area contributed by atoms with Gasteiger partial charge in [0.05, 0.1) is 5.25 Å². The Kier molecular flexibility index (Phi) is 6.97. The highest BCUT2D eigenvalue weighted by Gasteiger charge is 2.25. The van der Waals surface area contributed by atoms with Crippen LogP contribution in [0.15, 0.2) is 0 Å². The van der Waals surface area contributed by atoms with Crippen LogP contribution in [0.5, 0.6) is 0 Å². The number of nitrogens with one attached hydrogen (secondary N) is 1. The number of amides is 1. The molecule has 1 amide bonds. The van der Waals surface area contributed by atoms with Gasteiger partial charge in [0.15, 0.2) is 0 Å². The van der Waals surface area contributed by atoms with Crippen molar-refractivity contribution in [3.63, 3.8) is 0 Å². The fraction of sp³-hybridized carbons (Fsp3) is 0.923. The Hall–Kier alpha value is -0.220. The van der Waals surface area contributed by atoms with E-state index in [9.17, 15) is 4.79 Å². The number of nitrogens with zero attached hydrogens (tertiary/aromatic N) is 1. The summed E-state index contributed by atoms with van der Waals surface area (Å²) in [4.78, 5) is 14.3. The highest BCUT2D eigenvalue weighted by Crippen LogP contribution is 2.18. The third kappa shape index (κ3) is 4.88. The summed E-state index contributed by atoms with van der Waals surface area (Å²) in [5.41, 5.74) is 0. The lowest BCUT2D eigenvalue weighted by Crippen LogP contribution is -2.49. The zero-order chi connectivity index (χ0) is 12.7. The van der Waals surface area contributed by atoms with Crippen molar-refractivity contribution in [1.29, 1.82) is 0 Å². The molecule has 4 heteroatoms. The van der Waals surface area contributed by atoms with Crippen LogP contribution in [0.3, 0.4) is 0 Å². The SMILES string of the molecule is CCCCSC(C)C(=O)N1CCCC(NC)C1. The number of rotatable bonds is 6. The molecule has 100 valence electrons. The second-order valence-electron chi connectivity index (χ2n) is 4.78. The molecule has 1 aliphatic rings. The van der Waals surface area contributed by atoms with Gasteiger partial charge < -0.3 is 10.2 Å². The Morgan fingerprint density at radius 2 is 2.35 bits per heavy atom. The summed E-state index contributed by atoms with van der Waals surface area (Å²) < 4.78 is 0. The van der Waals surface area contributed by atoms with Gasteiger partial charge in [0.2, 0.25) is 5.91 Å². The van der Waals surface area contributed by atoms with Crippen molar-refractivity contribution in [2.45, 2.75) is 50.8 Å². The first-order valence-corrected chi connectivity index (χ1v) is 7.81. The second-order valence-corrected chi connectivity index (χ2v) is 6.23. The van der Waals surface area contributed by atoms with Gasteiger partial charge in [-0.05, 0) is 39.0 Å². The summed E-state index contributed by atoms with van der Waals surface area (Å²) in [6, 6.07) is 0.487. The molecule has 0 spiro atoms. The first kappa shape index (κ1) is 14.8. The molecule has 1 aliphatic heterocycles. The van der Waals surface area contributed by atoms with Crippen molar-refractivity contribution >= 4 is 17.7 Å². The standard InChI is InChI=1S/C13H26N2OS/c1-4-5-9-17-11(2)13(16)15-8-6-7-12(10-15)14-3/h11-12,14H,4-10H2,1-3H3. The van der Waals surface area contributed by atoms with Gasteiger partial charge in [0, 0.05) is 19.1 Å². The Bertz CT molecular complexity index is 235. The molecular formula is C13H26N2OS. The summed E-state index contributed by atoms with van der Waals surface area (Å²) in [7, 11) is 1.98. The maximum absolute atomic E-state index is 12.2. The average Bonchev–Trinajstić information content (AvgIpc) is 2.38. The van der Waals surface area contributed by atoms with Crippen LogP contribution in [0.2, 0.25) is 0 Å². The molecule has 0 aliphatic carbocycles. The minimum atomic E-state index is 0.122. The minimum Gasteiger partial charge on any atom is -0.340 e. The Morgan fingerprint density at radius 3 is 3.00 bits per heavy atom. The fourth-order valence-corrected chi connectivity index (χ4v) is 3.25. The van der Waals surface area contributed by atoms with E-state index in [0.29, 0.717) is 11.9 Å². The predicted molar refractivity (Wildman–Crippen MR) is 75.5 cm³/mol. The van der Waals surface area contributed by atoms with Gasteiger partial charge in [-0.15, -0.1) is 11.8 Å². The van der Waals surface area contributed by atoms with Crippen LogP contribution in [-0.2, 0) is 4.79 Å². The third-order valence-corrected chi connectivity index (χ3v) is 4.58. The van der Waals surface area contributed by atoms with Crippen LogP contribution in [0.25, 0.3) is 0 Å². The summed E-state index contributed by atoms with van der Waals surface area (Å²) in [6.07, 6.45) is 4.74. The zero-order valence-electron chi connectivity index (χ0n) is 11.4. The smallest absolute Gasteiger partial charge is 0.235 e. The van der Waals surface area contributed by atoms with Crippen LogP contribution >= 0.6 is 11.8 Å². The van der Waals surface area contributed by atoms with Crippen LogP contribution in [-0.4, -0.2) is 48.0 Å². The lowest BCUT2D eigenvalue weighted by Gasteiger charge is -2.34. The van der Waals surface area contributed by atoms with Crippen molar-refractivity contribution < 1.29 is 4.79 Å². The molecule has 0 aromatic heterocycles. The van der Waals surface area contributed by atoms with Crippen molar-refractivity contribution in [2.75, 3.05) is 25.9 Å². The topological polar surface area (TPSA) is 32.3 Å². The molecular weight excluding hydrogens is 232 g/mol. The molecule has 2 atom stereocenters. The molecule has 1 saturated heterocycles. The number of carbonyl (C=O) groups is 1. The molecule has 1 rings (SSSR count). The Morgan fingerprint density at radius 1 is 1.59 bits per heavy atom. The summed E-state index contributed by atoms with van der Waals surface area (Å²) >= 11 is 1.80. The van der Waals surface area contributed by atoms with Gasteiger partial charge >= 0.3 is 0 Å². The second kappa shape index (κ2) is 7.98. The van der Waals surface area contributed by atoms with E-state index in [4.69, 9.17) is 0 Å². The predicted octanol–water partition coefficient (Wildman–Crippen LogP) is 2.12. The van der Waals surface area contributed by atoms with E-state index in [-0.39, 0.29) is 5.25 Å². The number of piperidine rings is 1. The molecule has 0 saturated carbocycles. The molecule has 0 bridgehead atoms. The largest absolute Gasteiger partial charge is 0.340 e. The lowest BCUT2D eigenvalue weighted by molar-refractivity contribution is -0.131. The summed E-state index contributed by atoms with van der Waals surface area (Å²) in [5.74, 6) is 1.43. The van der Waals surface area contributed by atoms with Crippen LogP contribution in [0, 0.1) is 0 Å². The van der Waals surface area contributed by atoms with E-state index < -0.39 is 0 Å².